The average molecular weight is 375 g/mol. The Labute approximate surface area is 164 Å². The fraction of sp³-hybridized carbons (Fsp3) is 0.0870. The van der Waals surface area contributed by atoms with E-state index in [0.717, 1.165) is 22.5 Å². The summed E-state index contributed by atoms with van der Waals surface area (Å²) in [4.78, 5) is 7.65. The maximum atomic E-state index is 6.38. The minimum absolute atomic E-state index is 0.395. The largest absolute Gasteiger partial charge is 0.486 e. The third-order valence-corrected chi connectivity index (χ3v) is 4.17. The van der Waals surface area contributed by atoms with Crippen LogP contribution in [-0.2, 0) is 6.61 Å². The van der Waals surface area contributed by atoms with E-state index in [9.17, 15) is 0 Å². The summed E-state index contributed by atoms with van der Waals surface area (Å²) in [5.74, 6) is 2.90. The van der Waals surface area contributed by atoms with Gasteiger partial charge in [0.05, 0.1) is 10.7 Å². The molecular formula is C23H19ClN2O. The molecule has 0 aliphatic carbocycles. The number of hydrogen-bond acceptors (Lipinski definition) is 2. The quantitative estimate of drug-likeness (QED) is 0.438. The molecule has 0 atom stereocenters. The molecule has 0 aliphatic heterocycles. The lowest BCUT2D eigenvalue weighted by molar-refractivity contribution is 0.301. The number of para-hydroxylation sites is 1. The van der Waals surface area contributed by atoms with Gasteiger partial charge in [0.25, 0.3) is 0 Å². The molecule has 0 bridgehead atoms. The molecule has 4 heteroatoms. The molecule has 0 unspecified atom stereocenters. The maximum Gasteiger partial charge on any atom is 0.138 e. The zero-order valence-corrected chi connectivity index (χ0v) is 15.7. The first-order chi connectivity index (χ1) is 13.2. The smallest absolute Gasteiger partial charge is 0.138 e. The van der Waals surface area contributed by atoms with E-state index in [0.29, 0.717) is 17.4 Å². The predicted octanol–water partition coefficient (Wildman–Crippen LogP) is 6.10. The highest BCUT2D eigenvalue weighted by Crippen LogP contribution is 2.31. The summed E-state index contributed by atoms with van der Waals surface area (Å²) in [5.41, 5.74) is 4.04. The maximum absolute atomic E-state index is 6.38. The zero-order chi connectivity index (χ0) is 19.1. The van der Waals surface area contributed by atoms with Crippen LogP contribution in [-0.4, -0.2) is 9.97 Å². The second kappa shape index (κ2) is 8.93. The summed E-state index contributed by atoms with van der Waals surface area (Å²) in [6.07, 6.45) is 6.35. The van der Waals surface area contributed by atoms with Gasteiger partial charge in [0.2, 0.25) is 0 Å². The number of terminal acetylenes is 1. The first kappa shape index (κ1) is 18.6. The van der Waals surface area contributed by atoms with E-state index in [2.05, 4.69) is 40.5 Å². The second-order valence-corrected chi connectivity index (χ2v) is 6.22. The standard InChI is InChI=1S/C20H15ClN2O.C3H4/c21-17-11-15(19-12-14-5-1-2-7-18(14)23-19)8-9-20(17)24-13-16-6-3-4-10-22-16;1-3-2/h1-12,23H,13H2;1H,2H3. The molecule has 2 aromatic heterocycles. The molecule has 0 fully saturated rings. The van der Waals surface area contributed by atoms with Crippen molar-refractivity contribution in [1.82, 2.24) is 9.97 Å². The Morgan fingerprint density at radius 1 is 1.07 bits per heavy atom. The number of H-pyrrole nitrogens is 1. The molecular weight excluding hydrogens is 356 g/mol. The summed E-state index contributed by atoms with van der Waals surface area (Å²) in [5, 5.41) is 1.76. The van der Waals surface area contributed by atoms with Gasteiger partial charge in [-0.25, -0.2) is 0 Å². The van der Waals surface area contributed by atoms with Crippen molar-refractivity contribution in [3.8, 4) is 29.4 Å². The van der Waals surface area contributed by atoms with Crippen LogP contribution in [0, 0.1) is 12.3 Å². The van der Waals surface area contributed by atoms with E-state index in [4.69, 9.17) is 16.3 Å². The van der Waals surface area contributed by atoms with Gasteiger partial charge in [0.15, 0.2) is 0 Å². The molecule has 0 aliphatic rings. The van der Waals surface area contributed by atoms with Crippen molar-refractivity contribution in [3.05, 3.63) is 83.6 Å². The van der Waals surface area contributed by atoms with Gasteiger partial charge in [-0.3, -0.25) is 4.98 Å². The SMILES string of the molecule is C#CC.Clc1cc(-c2cc3ccccc3[nH]2)ccc1OCc1ccccn1. The molecule has 27 heavy (non-hydrogen) atoms. The van der Waals surface area contributed by atoms with Gasteiger partial charge in [-0.2, -0.15) is 0 Å². The lowest BCUT2D eigenvalue weighted by Gasteiger charge is -2.09. The summed E-state index contributed by atoms with van der Waals surface area (Å²) in [7, 11) is 0. The van der Waals surface area contributed by atoms with Crippen molar-refractivity contribution >= 4 is 22.5 Å². The molecule has 4 aromatic rings. The number of aromatic amines is 1. The Morgan fingerprint density at radius 3 is 2.56 bits per heavy atom. The van der Waals surface area contributed by atoms with Gasteiger partial charge in [-0.1, -0.05) is 35.9 Å². The minimum Gasteiger partial charge on any atom is -0.486 e. The number of fused-ring (bicyclic) bond motifs is 1. The van der Waals surface area contributed by atoms with Crippen LogP contribution in [0.5, 0.6) is 5.75 Å². The average Bonchev–Trinajstić information content (AvgIpc) is 3.13. The van der Waals surface area contributed by atoms with E-state index >= 15 is 0 Å². The van der Waals surface area contributed by atoms with Crippen LogP contribution in [0.1, 0.15) is 12.6 Å². The third-order valence-electron chi connectivity index (χ3n) is 3.87. The van der Waals surface area contributed by atoms with Crippen LogP contribution < -0.4 is 4.74 Å². The molecule has 0 radical (unpaired) electrons. The molecule has 0 saturated heterocycles. The first-order valence-electron chi connectivity index (χ1n) is 8.49. The van der Waals surface area contributed by atoms with Crippen molar-refractivity contribution in [1.29, 1.82) is 0 Å². The molecule has 134 valence electrons. The van der Waals surface area contributed by atoms with Gasteiger partial charge in [-0.05, 0) is 55.0 Å². The van der Waals surface area contributed by atoms with Crippen molar-refractivity contribution in [2.24, 2.45) is 0 Å². The number of aromatic nitrogens is 2. The van der Waals surface area contributed by atoms with Gasteiger partial charge in [0, 0.05) is 22.8 Å². The highest BCUT2D eigenvalue weighted by molar-refractivity contribution is 6.32. The molecule has 0 saturated carbocycles. The van der Waals surface area contributed by atoms with E-state index < -0.39 is 0 Å². The summed E-state index contributed by atoms with van der Waals surface area (Å²) in [6, 6.07) is 21.9. The second-order valence-electron chi connectivity index (χ2n) is 5.81. The number of hydrogen-bond donors (Lipinski definition) is 1. The highest BCUT2D eigenvalue weighted by atomic mass is 35.5. The van der Waals surface area contributed by atoms with Gasteiger partial charge >= 0.3 is 0 Å². The lowest BCUT2D eigenvalue weighted by atomic mass is 10.1. The van der Waals surface area contributed by atoms with Crippen molar-refractivity contribution in [2.75, 3.05) is 0 Å². The number of benzene rings is 2. The summed E-state index contributed by atoms with van der Waals surface area (Å²) in [6.45, 7) is 2.05. The predicted molar refractivity (Wildman–Crippen MR) is 112 cm³/mol. The normalized spacial score (nSPS) is 9.96. The van der Waals surface area contributed by atoms with Crippen molar-refractivity contribution < 1.29 is 4.74 Å². The molecule has 2 aromatic carbocycles. The molecule has 4 rings (SSSR count). The van der Waals surface area contributed by atoms with Crippen LogP contribution in [0.2, 0.25) is 5.02 Å². The number of ether oxygens (including phenoxy) is 1. The Balaban J connectivity index is 0.000000659. The number of pyridine rings is 1. The first-order valence-corrected chi connectivity index (χ1v) is 8.87. The number of nitrogens with zero attached hydrogens (tertiary/aromatic N) is 1. The van der Waals surface area contributed by atoms with Crippen LogP contribution >= 0.6 is 11.6 Å². The topological polar surface area (TPSA) is 37.9 Å². The summed E-state index contributed by atoms with van der Waals surface area (Å²) >= 11 is 6.38. The van der Waals surface area contributed by atoms with Crippen molar-refractivity contribution in [2.45, 2.75) is 13.5 Å². The van der Waals surface area contributed by atoms with Crippen LogP contribution in [0.25, 0.3) is 22.2 Å². The highest BCUT2D eigenvalue weighted by Gasteiger charge is 2.08. The molecule has 0 spiro atoms. The third kappa shape index (κ3) is 4.69. The molecule has 0 amide bonds. The van der Waals surface area contributed by atoms with Gasteiger partial charge in [0.1, 0.15) is 12.4 Å². The van der Waals surface area contributed by atoms with Crippen LogP contribution in [0.3, 0.4) is 0 Å². The number of nitrogens with one attached hydrogen (secondary N) is 1. The van der Waals surface area contributed by atoms with E-state index in [-0.39, 0.29) is 0 Å². The zero-order valence-electron chi connectivity index (χ0n) is 14.9. The van der Waals surface area contributed by atoms with Crippen LogP contribution in [0.4, 0.5) is 0 Å². The van der Waals surface area contributed by atoms with Crippen molar-refractivity contribution in [3.63, 3.8) is 0 Å². The van der Waals surface area contributed by atoms with Gasteiger partial charge in [-0.15, -0.1) is 12.3 Å². The van der Waals surface area contributed by atoms with E-state index in [1.165, 1.54) is 5.39 Å². The van der Waals surface area contributed by atoms with E-state index in [1.807, 2.05) is 48.5 Å². The molecule has 2 heterocycles. The Hall–Kier alpha value is -3.22. The lowest BCUT2D eigenvalue weighted by Crippen LogP contribution is -1.98. The fourth-order valence-electron chi connectivity index (χ4n) is 2.65. The Bertz CT molecular complexity index is 1030. The Morgan fingerprint density at radius 2 is 1.85 bits per heavy atom. The molecule has 1 N–H and O–H groups in total. The van der Waals surface area contributed by atoms with Gasteiger partial charge < -0.3 is 9.72 Å². The fourth-order valence-corrected chi connectivity index (χ4v) is 2.88. The Kier molecular flexibility index (Phi) is 6.14. The number of halogens is 1. The number of rotatable bonds is 4. The van der Waals surface area contributed by atoms with E-state index in [1.54, 1.807) is 13.1 Å². The summed E-state index contributed by atoms with van der Waals surface area (Å²) < 4.78 is 5.77. The minimum atomic E-state index is 0.395. The van der Waals surface area contributed by atoms with Crippen LogP contribution in [0.15, 0.2) is 72.9 Å². The monoisotopic (exact) mass is 374 g/mol. The molecule has 3 nitrogen and oxygen atoms in total.